The average molecular weight is 424 g/mol. The van der Waals surface area contributed by atoms with Crippen LogP contribution in [-0.4, -0.2) is 22.0 Å². The van der Waals surface area contributed by atoms with E-state index in [1.807, 2.05) is 36.4 Å². The van der Waals surface area contributed by atoms with Crippen LogP contribution in [0.5, 0.6) is 0 Å². The molecule has 3 aromatic carbocycles. The van der Waals surface area contributed by atoms with Crippen molar-refractivity contribution in [3.63, 3.8) is 0 Å². The summed E-state index contributed by atoms with van der Waals surface area (Å²) in [7, 11) is 0. The van der Waals surface area contributed by atoms with Gasteiger partial charge in [0.15, 0.2) is 0 Å². The van der Waals surface area contributed by atoms with E-state index < -0.39 is 0 Å². The first-order chi connectivity index (χ1) is 15.7. The summed E-state index contributed by atoms with van der Waals surface area (Å²) in [6.45, 7) is 0. The third kappa shape index (κ3) is 4.41. The van der Waals surface area contributed by atoms with Gasteiger partial charge in [0.05, 0.1) is 0 Å². The summed E-state index contributed by atoms with van der Waals surface area (Å²) >= 11 is 0. The Morgan fingerprint density at radius 3 is 2.19 bits per heavy atom. The maximum Gasteiger partial charge on any atom is 0.255 e. The zero-order valence-electron chi connectivity index (χ0n) is 17.1. The predicted octanol–water partition coefficient (Wildman–Crippen LogP) is 5.12. The van der Waals surface area contributed by atoms with Crippen molar-refractivity contribution >= 4 is 23.2 Å². The zero-order valence-corrected chi connectivity index (χ0v) is 17.1. The third-order valence-electron chi connectivity index (χ3n) is 5.19. The fourth-order valence-corrected chi connectivity index (χ4v) is 3.29. The molecule has 2 N–H and O–H groups in total. The second-order valence-electron chi connectivity index (χ2n) is 7.66. The van der Waals surface area contributed by atoms with Crippen LogP contribution in [0.4, 0.5) is 11.4 Å². The molecule has 1 aromatic heterocycles. The molecule has 1 heterocycles. The van der Waals surface area contributed by atoms with Crippen molar-refractivity contribution in [3.8, 4) is 11.4 Å². The van der Waals surface area contributed by atoms with E-state index in [1.165, 1.54) is 0 Å². The molecule has 7 heteroatoms. The fourth-order valence-electron chi connectivity index (χ4n) is 3.29. The van der Waals surface area contributed by atoms with Crippen LogP contribution in [-0.2, 0) is 0 Å². The van der Waals surface area contributed by atoms with Crippen LogP contribution < -0.4 is 10.6 Å². The van der Waals surface area contributed by atoms with E-state index in [0.717, 1.165) is 18.4 Å². The standard InChI is InChI=1S/C25H20N4O3/c30-23(16-5-2-1-3-6-16)26-20-13-11-17(12-14-20)24(31)27-21-8-4-7-19(15-21)22-28-25(32-29-22)18-9-10-18/h1-8,11-15,18H,9-10H2,(H,26,30)(H,27,31). The predicted molar refractivity (Wildman–Crippen MR) is 120 cm³/mol. The number of hydrogen-bond donors (Lipinski definition) is 2. The number of nitrogens with zero attached hydrogens (tertiary/aromatic N) is 2. The van der Waals surface area contributed by atoms with E-state index in [-0.39, 0.29) is 11.8 Å². The molecule has 0 spiro atoms. The van der Waals surface area contributed by atoms with Crippen LogP contribution in [0.2, 0.25) is 0 Å². The highest BCUT2D eigenvalue weighted by Crippen LogP contribution is 2.39. The van der Waals surface area contributed by atoms with E-state index in [4.69, 9.17) is 4.52 Å². The van der Waals surface area contributed by atoms with Crippen molar-refractivity contribution in [3.05, 3.63) is 95.9 Å². The summed E-state index contributed by atoms with van der Waals surface area (Å²) in [6, 6.07) is 23.0. The molecule has 32 heavy (non-hydrogen) atoms. The van der Waals surface area contributed by atoms with Gasteiger partial charge in [-0.15, -0.1) is 0 Å². The molecule has 0 unspecified atom stereocenters. The number of benzene rings is 3. The van der Waals surface area contributed by atoms with Gasteiger partial charge in [-0.3, -0.25) is 9.59 Å². The van der Waals surface area contributed by atoms with Crippen molar-refractivity contribution in [1.82, 2.24) is 10.1 Å². The van der Waals surface area contributed by atoms with Gasteiger partial charge in [-0.05, 0) is 61.4 Å². The highest BCUT2D eigenvalue weighted by atomic mass is 16.5. The number of nitrogens with one attached hydrogen (secondary N) is 2. The number of carbonyl (C=O) groups excluding carboxylic acids is 2. The van der Waals surface area contributed by atoms with Gasteiger partial charge in [-0.25, -0.2) is 0 Å². The largest absolute Gasteiger partial charge is 0.339 e. The Morgan fingerprint density at radius 1 is 0.781 bits per heavy atom. The van der Waals surface area contributed by atoms with Crippen molar-refractivity contribution in [2.24, 2.45) is 0 Å². The Balaban J connectivity index is 1.24. The molecule has 1 aliphatic carbocycles. The van der Waals surface area contributed by atoms with E-state index in [9.17, 15) is 9.59 Å². The van der Waals surface area contributed by atoms with Gasteiger partial charge in [-0.1, -0.05) is 35.5 Å². The summed E-state index contributed by atoms with van der Waals surface area (Å²) in [4.78, 5) is 29.4. The molecule has 1 aliphatic rings. The molecule has 0 radical (unpaired) electrons. The first kappa shape index (κ1) is 19.7. The molecule has 1 fully saturated rings. The summed E-state index contributed by atoms with van der Waals surface area (Å²) in [5, 5.41) is 9.75. The molecule has 4 aromatic rings. The van der Waals surface area contributed by atoms with Crippen molar-refractivity contribution in [2.45, 2.75) is 18.8 Å². The lowest BCUT2D eigenvalue weighted by molar-refractivity contribution is 0.102. The molecule has 0 aliphatic heterocycles. The van der Waals surface area contributed by atoms with Gasteiger partial charge in [0.1, 0.15) is 0 Å². The van der Waals surface area contributed by atoms with Gasteiger partial charge < -0.3 is 15.2 Å². The summed E-state index contributed by atoms with van der Waals surface area (Å²) < 4.78 is 5.32. The Kier molecular flexibility index (Phi) is 5.21. The molecule has 0 saturated heterocycles. The van der Waals surface area contributed by atoms with Gasteiger partial charge >= 0.3 is 0 Å². The lowest BCUT2D eigenvalue weighted by Gasteiger charge is -2.08. The Morgan fingerprint density at radius 2 is 1.47 bits per heavy atom. The van der Waals surface area contributed by atoms with E-state index in [1.54, 1.807) is 42.5 Å². The topological polar surface area (TPSA) is 97.1 Å². The van der Waals surface area contributed by atoms with Crippen LogP contribution in [0.25, 0.3) is 11.4 Å². The second-order valence-corrected chi connectivity index (χ2v) is 7.66. The number of amides is 2. The average Bonchev–Trinajstić information content (AvgIpc) is 3.56. The quantitative estimate of drug-likeness (QED) is 0.448. The maximum absolute atomic E-state index is 12.7. The molecule has 7 nitrogen and oxygen atoms in total. The minimum Gasteiger partial charge on any atom is -0.339 e. The molecular formula is C25H20N4O3. The lowest BCUT2D eigenvalue weighted by atomic mass is 10.1. The van der Waals surface area contributed by atoms with Gasteiger partial charge in [0.25, 0.3) is 11.8 Å². The molecular weight excluding hydrogens is 404 g/mol. The first-order valence-corrected chi connectivity index (χ1v) is 10.4. The molecule has 1 saturated carbocycles. The number of hydrogen-bond acceptors (Lipinski definition) is 5. The fraction of sp³-hybridized carbons (Fsp3) is 0.120. The SMILES string of the molecule is O=C(Nc1ccc(C(=O)Nc2cccc(-c3noc(C4CC4)n3)c2)cc1)c1ccccc1. The van der Waals surface area contributed by atoms with E-state index in [2.05, 4.69) is 20.8 Å². The Labute approximate surface area is 184 Å². The lowest BCUT2D eigenvalue weighted by Crippen LogP contribution is -2.13. The van der Waals surface area contributed by atoms with Crippen LogP contribution in [0, 0.1) is 0 Å². The molecule has 0 atom stereocenters. The monoisotopic (exact) mass is 424 g/mol. The summed E-state index contributed by atoms with van der Waals surface area (Å²) in [5.74, 6) is 1.12. The van der Waals surface area contributed by atoms with Gasteiger partial charge in [-0.2, -0.15) is 4.98 Å². The third-order valence-corrected chi connectivity index (χ3v) is 5.19. The first-order valence-electron chi connectivity index (χ1n) is 10.4. The van der Waals surface area contributed by atoms with E-state index >= 15 is 0 Å². The van der Waals surface area contributed by atoms with Crippen molar-refractivity contribution < 1.29 is 14.1 Å². The highest BCUT2D eigenvalue weighted by molar-refractivity contribution is 6.06. The smallest absolute Gasteiger partial charge is 0.255 e. The van der Waals surface area contributed by atoms with Crippen LogP contribution in [0.1, 0.15) is 45.4 Å². The maximum atomic E-state index is 12.7. The minimum atomic E-state index is -0.255. The summed E-state index contributed by atoms with van der Waals surface area (Å²) in [5.41, 5.74) is 3.06. The molecule has 2 amide bonds. The zero-order chi connectivity index (χ0) is 21.9. The molecule has 0 bridgehead atoms. The number of anilines is 2. The second kappa shape index (κ2) is 8.47. The molecule has 5 rings (SSSR count). The van der Waals surface area contributed by atoms with Crippen LogP contribution >= 0.6 is 0 Å². The van der Waals surface area contributed by atoms with Crippen LogP contribution in [0.3, 0.4) is 0 Å². The number of aromatic nitrogens is 2. The summed E-state index contributed by atoms with van der Waals surface area (Å²) in [6.07, 6.45) is 2.18. The Hall–Kier alpha value is -4.26. The van der Waals surface area contributed by atoms with Crippen molar-refractivity contribution in [1.29, 1.82) is 0 Å². The van der Waals surface area contributed by atoms with Crippen molar-refractivity contribution in [2.75, 3.05) is 10.6 Å². The number of carbonyl (C=O) groups is 2. The van der Waals surface area contributed by atoms with Gasteiger partial charge in [0.2, 0.25) is 11.7 Å². The molecule has 158 valence electrons. The number of rotatable bonds is 6. The van der Waals surface area contributed by atoms with Gasteiger partial charge in [0, 0.05) is 34.0 Å². The normalized spacial score (nSPS) is 12.9. The van der Waals surface area contributed by atoms with Crippen LogP contribution in [0.15, 0.2) is 83.4 Å². The highest BCUT2D eigenvalue weighted by Gasteiger charge is 2.29. The van der Waals surface area contributed by atoms with E-state index in [0.29, 0.717) is 40.1 Å². The Bertz CT molecular complexity index is 1260. The minimum absolute atomic E-state index is 0.203.